The third kappa shape index (κ3) is 2.68. The zero-order chi connectivity index (χ0) is 9.90. The van der Waals surface area contributed by atoms with Crippen molar-refractivity contribution in [3.8, 4) is 6.07 Å². The fourth-order valence-corrected chi connectivity index (χ4v) is 1.85. The van der Waals surface area contributed by atoms with Gasteiger partial charge in [0, 0.05) is 12.6 Å². The highest BCUT2D eigenvalue weighted by molar-refractivity contribution is 4.96. The molecule has 0 spiro atoms. The van der Waals surface area contributed by atoms with Gasteiger partial charge < -0.3 is 5.11 Å². The van der Waals surface area contributed by atoms with Crippen LogP contribution in [0.25, 0.3) is 0 Å². The molecular weight excluding hydrogens is 164 g/mol. The number of aliphatic hydroxyl groups excluding tert-OH is 1. The van der Waals surface area contributed by atoms with E-state index in [1.807, 2.05) is 13.8 Å². The maximum Gasteiger partial charge on any atom is 0.0697 e. The Bertz CT molecular complexity index is 207. The van der Waals surface area contributed by atoms with Gasteiger partial charge in [-0.15, -0.1) is 0 Å². The topological polar surface area (TPSA) is 47.3 Å². The Morgan fingerprint density at radius 3 is 2.85 bits per heavy atom. The molecule has 0 saturated carbocycles. The van der Waals surface area contributed by atoms with Crippen LogP contribution in [0.3, 0.4) is 0 Å². The Kier molecular flexibility index (Phi) is 3.29. The van der Waals surface area contributed by atoms with Gasteiger partial charge in [-0.25, -0.2) is 0 Å². The highest BCUT2D eigenvalue weighted by Gasteiger charge is 2.29. The van der Waals surface area contributed by atoms with Crippen molar-refractivity contribution in [2.45, 2.75) is 32.7 Å². The number of rotatable bonds is 3. The second-order valence-corrected chi connectivity index (χ2v) is 4.44. The lowest BCUT2D eigenvalue weighted by molar-refractivity contribution is 0.134. The fraction of sp³-hybridized carbons (Fsp3) is 0.900. The van der Waals surface area contributed by atoms with Gasteiger partial charge >= 0.3 is 0 Å². The number of nitriles is 1. The molecule has 0 bridgehead atoms. The van der Waals surface area contributed by atoms with Gasteiger partial charge in [-0.05, 0) is 33.2 Å². The number of hydrogen-bond donors (Lipinski definition) is 1. The first kappa shape index (κ1) is 10.5. The smallest absolute Gasteiger partial charge is 0.0697 e. The van der Waals surface area contributed by atoms with E-state index in [0.717, 1.165) is 25.9 Å². The summed E-state index contributed by atoms with van der Waals surface area (Å²) in [6.45, 7) is 5.91. The molecule has 1 rings (SSSR count). The summed E-state index contributed by atoms with van der Waals surface area (Å²) in [5.74, 6) is 0. The van der Waals surface area contributed by atoms with E-state index >= 15 is 0 Å². The minimum atomic E-state index is -0.294. The summed E-state index contributed by atoms with van der Waals surface area (Å²) >= 11 is 0. The van der Waals surface area contributed by atoms with Crippen molar-refractivity contribution in [1.29, 1.82) is 5.26 Å². The molecular formula is C10H18N2O. The quantitative estimate of drug-likeness (QED) is 0.708. The lowest BCUT2D eigenvalue weighted by atomic mass is 9.95. The third-order valence-electron chi connectivity index (χ3n) is 2.61. The minimum Gasteiger partial charge on any atom is -0.395 e. The van der Waals surface area contributed by atoms with Gasteiger partial charge in [0.2, 0.25) is 0 Å². The highest BCUT2D eigenvalue weighted by atomic mass is 16.3. The minimum absolute atomic E-state index is 0.224. The van der Waals surface area contributed by atoms with Gasteiger partial charge in [-0.1, -0.05) is 0 Å². The van der Waals surface area contributed by atoms with Gasteiger partial charge in [-0.3, -0.25) is 4.90 Å². The molecule has 1 aliphatic rings. The van der Waals surface area contributed by atoms with E-state index in [1.54, 1.807) is 0 Å². The molecule has 0 radical (unpaired) electrons. The molecule has 1 saturated heterocycles. The maximum absolute atomic E-state index is 9.08. The molecule has 3 heteroatoms. The molecule has 3 nitrogen and oxygen atoms in total. The third-order valence-corrected chi connectivity index (χ3v) is 2.61. The molecule has 0 aliphatic carbocycles. The van der Waals surface area contributed by atoms with Crippen molar-refractivity contribution in [3.05, 3.63) is 0 Å². The molecule has 0 aromatic rings. The van der Waals surface area contributed by atoms with E-state index in [4.69, 9.17) is 10.4 Å². The average molecular weight is 182 g/mol. The van der Waals surface area contributed by atoms with E-state index in [-0.39, 0.29) is 18.1 Å². The summed E-state index contributed by atoms with van der Waals surface area (Å²) in [5, 5.41) is 18.0. The molecule has 0 amide bonds. The zero-order valence-electron chi connectivity index (χ0n) is 8.45. The molecule has 13 heavy (non-hydrogen) atoms. The summed E-state index contributed by atoms with van der Waals surface area (Å²) in [7, 11) is 0. The fourth-order valence-electron chi connectivity index (χ4n) is 1.85. The molecule has 1 atom stereocenters. The van der Waals surface area contributed by atoms with Crippen LogP contribution in [-0.4, -0.2) is 35.7 Å². The van der Waals surface area contributed by atoms with Crippen LogP contribution in [-0.2, 0) is 0 Å². The monoisotopic (exact) mass is 182 g/mol. The van der Waals surface area contributed by atoms with Crippen molar-refractivity contribution in [2.75, 3.05) is 19.7 Å². The van der Waals surface area contributed by atoms with Crippen LogP contribution in [0.2, 0.25) is 0 Å². The van der Waals surface area contributed by atoms with Crippen LogP contribution < -0.4 is 0 Å². The van der Waals surface area contributed by atoms with E-state index < -0.39 is 0 Å². The van der Waals surface area contributed by atoms with Crippen LogP contribution in [0.1, 0.15) is 26.7 Å². The standard InChI is InChI=1S/C10H18N2O/c1-10(2,7-11)8-12-5-3-4-9(12)6-13/h9,13H,3-6,8H2,1-2H3. The van der Waals surface area contributed by atoms with Crippen LogP contribution in [0.5, 0.6) is 0 Å². The van der Waals surface area contributed by atoms with Crippen molar-refractivity contribution in [1.82, 2.24) is 4.90 Å². The maximum atomic E-state index is 9.08. The molecule has 1 heterocycles. The molecule has 1 unspecified atom stereocenters. The normalized spacial score (nSPS) is 24.6. The zero-order valence-corrected chi connectivity index (χ0v) is 8.45. The Morgan fingerprint density at radius 1 is 1.62 bits per heavy atom. The SMILES string of the molecule is CC(C)(C#N)CN1CCCC1CO. The van der Waals surface area contributed by atoms with Crippen LogP contribution in [0, 0.1) is 16.7 Å². The largest absolute Gasteiger partial charge is 0.395 e. The molecule has 74 valence electrons. The van der Waals surface area contributed by atoms with Crippen molar-refractivity contribution >= 4 is 0 Å². The number of nitrogens with zero attached hydrogens (tertiary/aromatic N) is 2. The molecule has 1 N–H and O–H groups in total. The van der Waals surface area contributed by atoms with Crippen LogP contribution >= 0.6 is 0 Å². The lowest BCUT2D eigenvalue weighted by Crippen LogP contribution is -2.38. The summed E-state index contributed by atoms with van der Waals surface area (Å²) < 4.78 is 0. The van der Waals surface area contributed by atoms with Gasteiger partial charge in [-0.2, -0.15) is 5.26 Å². The van der Waals surface area contributed by atoms with Gasteiger partial charge in [0.1, 0.15) is 0 Å². The highest BCUT2D eigenvalue weighted by Crippen LogP contribution is 2.23. The average Bonchev–Trinajstić information content (AvgIpc) is 2.51. The van der Waals surface area contributed by atoms with Gasteiger partial charge in [0.25, 0.3) is 0 Å². The van der Waals surface area contributed by atoms with Crippen molar-refractivity contribution in [3.63, 3.8) is 0 Å². The summed E-state index contributed by atoms with van der Waals surface area (Å²) in [6.07, 6.45) is 2.21. The van der Waals surface area contributed by atoms with E-state index in [9.17, 15) is 0 Å². The molecule has 0 aromatic heterocycles. The Hall–Kier alpha value is -0.590. The first-order chi connectivity index (χ1) is 6.09. The van der Waals surface area contributed by atoms with E-state index in [1.165, 1.54) is 0 Å². The number of aliphatic hydroxyl groups is 1. The Labute approximate surface area is 80.0 Å². The predicted molar refractivity (Wildman–Crippen MR) is 51.1 cm³/mol. The first-order valence-corrected chi connectivity index (χ1v) is 4.85. The van der Waals surface area contributed by atoms with Crippen molar-refractivity contribution < 1.29 is 5.11 Å². The van der Waals surface area contributed by atoms with Crippen LogP contribution in [0.4, 0.5) is 0 Å². The first-order valence-electron chi connectivity index (χ1n) is 4.85. The predicted octanol–water partition coefficient (Wildman–Crippen LogP) is 0.993. The number of hydrogen-bond acceptors (Lipinski definition) is 3. The molecule has 0 aromatic carbocycles. The summed E-state index contributed by atoms with van der Waals surface area (Å²) in [6, 6.07) is 2.57. The van der Waals surface area contributed by atoms with E-state index in [2.05, 4.69) is 11.0 Å². The van der Waals surface area contributed by atoms with Crippen molar-refractivity contribution in [2.24, 2.45) is 5.41 Å². The van der Waals surface area contributed by atoms with Crippen LogP contribution in [0.15, 0.2) is 0 Å². The number of likely N-dealkylation sites (tertiary alicyclic amines) is 1. The molecule has 1 fully saturated rings. The lowest BCUT2D eigenvalue weighted by Gasteiger charge is -2.28. The van der Waals surface area contributed by atoms with Gasteiger partial charge in [0.15, 0.2) is 0 Å². The second kappa shape index (κ2) is 4.08. The van der Waals surface area contributed by atoms with E-state index in [0.29, 0.717) is 0 Å². The Morgan fingerprint density at radius 2 is 2.31 bits per heavy atom. The Balaban J connectivity index is 2.49. The van der Waals surface area contributed by atoms with Gasteiger partial charge in [0.05, 0.1) is 18.1 Å². The second-order valence-electron chi connectivity index (χ2n) is 4.44. The molecule has 1 aliphatic heterocycles. The summed E-state index contributed by atoms with van der Waals surface area (Å²) in [5.41, 5.74) is -0.294. The summed E-state index contributed by atoms with van der Waals surface area (Å²) in [4.78, 5) is 2.23.